The van der Waals surface area contributed by atoms with Crippen LogP contribution in [0, 0.1) is 31.0 Å². The molecule has 10 nitrogen and oxygen atoms in total. The fourth-order valence-electron chi connectivity index (χ4n) is 7.01. The van der Waals surface area contributed by atoms with Gasteiger partial charge in [-0.25, -0.2) is 14.1 Å². The van der Waals surface area contributed by atoms with Crippen LogP contribution < -0.4 is 4.74 Å². The Morgan fingerprint density at radius 3 is 2.79 bits per heavy atom. The van der Waals surface area contributed by atoms with Gasteiger partial charge in [0.05, 0.1) is 25.1 Å². The van der Waals surface area contributed by atoms with E-state index in [0.29, 0.717) is 65.2 Å². The molecule has 2 aliphatic rings. The minimum atomic E-state index is -0.464. The third-order valence-corrected chi connectivity index (χ3v) is 10.0. The second-order valence-electron chi connectivity index (χ2n) is 12.5. The second kappa shape index (κ2) is 13.9. The standard InChI is InChI=1S/C35H39ClFN7O3/c1-21-18-27-32(31(37)30(21)26-9-5-10-28(36)22(26)2)39-35(47-20-25-8-6-15-42(25)3)33-34(27)44(41-40-33)24-13-16-43(23(19-24)12-14-38)29(45)11-7-17-46-4/h5,7,9-11,18,23-25H,6,8,12-13,15-17,19-20H2,1-4H3/b11-7+/t23-,24+,25+/m1/s1. The third kappa shape index (κ3) is 6.30. The van der Waals surface area contributed by atoms with Gasteiger partial charge in [0.15, 0.2) is 11.3 Å². The first-order chi connectivity index (χ1) is 22.7. The van der Waals surface area contributed by atoms with E-state index in [0.717, 1.165) is 30.5 Å². The molecule has 0 unspecified atom stereocenters. The number of hydrogen-bond donors (Lipinski definition) is 0. The van der Waals surface area contributed by atoms with Crippen molar-refractivity contribution in [3.05, 3.63) is 58.4 Å². The Hall–Kier alpha value is -4.11. The molecule has 6 rings (SSSR count). The minimum Gasteiger partial charge on any atom is -0.474 e. The summed E-state index contributed by atoms with van der Waals surface area (Å²) in [4.78, 5) is 21.8. The van der Waals surface area contributed by atoms with Gasteiger partial charge in [0.2, 0.25) is 11.8 Å². The molecule has 2 aromatic heterocycles. The minimum absolute atomic E-state index is 0.159. The van der Waals surface area contributed by atoms with Crippen LogP contribution in [0.2, 0.25) is 5.02 Å². The number of nitrogens with zero attached hydrogens (tertiary/aromatic N) is 7. The molecule has 0 aliphatic carbocycles. The van der Waals surface area contributed by atoms with Crippen molar-refractivity contribution in [2.24, 2.45) is 0 Å². The van der Waals surface area contributed by atoms with Crippen LogP contribution in [0.1, 0.15) is 49.3 Å². The van der Waals surface area contributed by atoms with Crippen molar-refractivity contribution < 1.29 is 18.7 Å². The fourth-order valence-corrected chi connectivity index (χ4v) is 7.19. The molecule has 4 aromatic rings. The van der Waals surface area contributed by atoms with Crippen LogP contribution >= 0.6 is 11.6 Å². The van der Waals surface area contributed by atoms with Crippen molar-refractivity contribution in [1.82, 2.24) is 29.8 Å². The fraction of sp³-hybridized carbons (Fsp3) is 0.457. The number of amides is 1. The summed E-state index contributed by atoms with van der Waals surface area (Å²) in [6.07, 6.45) is 6.50. The van der Waals surface area contributed by atoms with E-state index in [-0.39, 0.29) is 41.9 Å². The average molecular weight is 660 g/mol. The summed E-state index contributed by atoms with van der Waals surface area (Å²) in [6.45, 7) is 5.90. The van der Waals surface area contributed by atoms with Gasteiger partial charge in [-0.05, 0) is 81.9 Å². The first-order valence-corrected chi connectivity index (χ1v) is 16.4. The van der Waals surface area contributed by atoms with Gasteiger partial charge in [-0.2, -0.15) is 5.26 Å². The molecule has 2 aliphatic heterocycles. The Morgan fingerprint density at radius 2 is 2.04 bits per heavy atom. The summed E-state index contributed by atoms with van der Waals surface area (Å²) in [7, 11) is 3.64. The molecule has 0 bridgehead atoms. The first kappa shape index (κ1) is 32.8. The zero-order chi connectivity index (χ0) is 33.2. The zero-order valence-electron chi connectivity index (χ0n) is 27.2. The van der Waals surface area contributed by atoms with E-state index in [2.05, 4.69) is 28.3 Å². The molecule has 4 heterocycles. The molecule has 0 saturated carbocycles. The van der Waals surface area contributed by atoms with Crippen LogP contribution in [0.15, 0.2) is 36.4 Å². The molecule has 0 spiro atoms. The van der Waals surface area contributed by atoms with Crippen molar-refractivity contribution in [1.29, 1.82) is 5.26 Å². The molecule has 2 saturated heterocycles. The van der Waals surface area contributed by atoms with Crippen LogP contribution in [0.4, 0.5) is 4.39 Å². The van der Waals surface area contributed by atoms with E-state index < -0.39 is 5.82 Å². The molecule has 2 fully saturated rings. The summed E-state index contributed by atoms with van der Waals surface area (Å²) in [5, 5.41) is 19.9. The normalized spacial score (nSPS) is 20.4. The maximum Gasteiger partial charge on any atom is 0.246 e. The van der Waals surface area contributed by atoms with Gasteiger partial charge in [0.25, 0.3) is 0 Å². The van der Waals surface area contributed by atoms with Gasteiger partial charge in [-0.1, -0.05) is 35.0 Å². The maximum absolute atomic E-state index is 16.8. The Morgan fingerprint density at radius 1 is 1.21 bits per heavy atom. The summed E-state index contributed by atoms with van der Waals surface area (Å²) in [5.41, 5.74) is 3.90. The average Bonchev–Trinajstić information content (AvgIpc) is 3.69. The number of rotatable bonds is 9. The van der Waals surface area contributed by atoms with Crippen molar-refractivity contribution in [2.75, 3.05) is 40.5 Å². The Bertz CT molecular complexity index is 1890. The number of piperidine rings is 1. The number of aromatic nitrogens is 4. The molecule has 0 radical (unpaired) electrons. The number of ether oxygens (including phenoxy) is 2. The number of halogens is 2. The highest BCUT2D eigenvalue weighted by Crippen LogP contribution is 2.41. The smallest absolute Gasteiger partial charge is 0.246 e. The summed E-state index contributed by atoms with van der Waals surface area (Å²) < 4.78 is 30.0. The van der Waals surface area contributed by atoms with Gasteiger partial charge < -0.3 is 19.3 Å². The number of carbonyl (C=O) groups is 1. The lowest BCUT2D eigenvalue weighted by atomic mass is 9.93. The van der Waals surface area contributed by atoms with Crippen molar-refractivity contribution in [3.63, 3.8) is 0 Å². The van der Waals surface area contributed by atoms with Gasteiger partial charge in [-0.3, -0.25) is 4.79 Å². The van der Waals surface area contributed by atoms with E-state index >= 15 is 4.39 Å². The lowest BCUT2D eigenvalue weighted by Crippen LogP contribution is -2.46. The zero-order valence-corrected chi connectivity index (χ0v) is 27.9. The number of likely N-dealkylation sites (N-methyl/N-ethyl adjacent to an activating group) is 1. The summed E-state index contributed by atoms with van der Waals surface area (Å²) in [6, 6.07) is 9.36. The SMILES string of the molecule is COC/C=C/C(=O)N1CC[C@H](n2nnc3c(OC[C@@H]4CCCN4C)nc4c(F)c(-c5cccc(Cl)c5C)c(C)cc4c32)C[C@H]1CC#N. The molecular formula is C35H39ClFN7O3. The van der Waals surface area contributed by atoms with Crippen LogP contribution in [-0.4, -0.2) is 88.2 Å². The van der Waals surface area contributed by atoms with Crippen LogP contribution in [-0.2, 0) is 9.53 Å². The molecule has 3 atom stereocenters. The van der Waals surface area contributed by atoms with E-state index in [1.807, 2.05) is 36.7 Å². The second-order valence-corrected chi connectivity index (χ2v) is 12.9. The molecular weight excluding hydrogens is 621 g/mol. The number of benzene rings is 2. The van der Waals surface area contributed by atoms with E-state index in [9.17, 15) is 10.1 Å². The Balaban J connectivity index is 1.46. The van der Waals surface area contributed by atoms with Gasteiger partial charge in [0.1, 0.15) is 17.6 Å². The number of methoxy groups -OCH3 is 1. The topological polar surface area (TPSA) is 109 Å². The van der Waals surface area contributed by atoms with Crippen LogP contribution in [0.25, 0.3) is 33.1 Å². The van der Waals surface area contributed by atoms with Crippen LogP contribution in [0.3, 0.4) is 0 Å². The van der Waals surface area contributed by atoms with Crippen LogP contribution in [0.5, 0.6) is 5.88 Å². The van der Waals surface area contributed by atoms with E-state index in [1.54, 1.807) is 24.2 Å². The predicted molar refractivity (Wildman–Crippen MR) is 179 cm³/mol. The highest BCUT2D eigenvalue weighted by molar-refractivity contribution is 6.31. The monoisotopic (exact) mass is 659 g/mol. The molecule has 12 heteroatoms. The highest BCUT2D eigenvalue weighted by atomic mass is 35.5. The van der Waals surface area contributed by atoms with Crippen molar-refractivity contribution >= 4 is 39.4 Å². The Labute approximate surface area is 278 Å². The molecule has 1 amide bonds. The quantitative estimate of drug-likeness (QED) is 0.196. The molecule has 2 aromatic carbocycles. The lowest BCUT2D eigenvalue weighted by Gasteiger charge is -2.38. The van der Waals surface area contributed by atoms with Gasteiger partial charge in [-0.15, -0.1) is 5.10 Å². The summed E-state index contributed by atoms with van der Waals surface area (Å²) in [5.74, 6) is -0.388. The lowest BCUT2D eigenvalue weighted by molar-refractivity contribution is -0.130. The molecule has 246 valence electrons. The molecule has 0 N–H and O–H groups in total. The number of hydrogen-bond acceptors (Lipinski definition) is 8. The highest BCUT2D eigenvalue weighted by Gasteiger charge is 2.34. The predicted octanol–water partition coefficient (Wildman–Crippen LogP) is 6.18. The number of fused-ring (bicyclic) bond motifs is 3. The largest absolute Gasteiger partial charge is 0.474 e. The number of likely N-dealkylation sites (tertiary alicyclic amines) is 2. The van der Waals surface area contributed by atoms with E-state index in [1.165, 1.54) is 6.08 Å². The van der Waals surface area contributed by atoms with E-state index in [4.69, 9.17) is 26.1 Å². The van der Waals surface area contributed by atoms with Crippen molar-refractivity contribution in [3.8, 4) is 23.1 Å². The van der Waals surface area contributed by atoms with Crippen molar-refractivity contribution in [2.45, 2.75) is 64.1 Å². The third-order valence-electron chi connectivity index (χ3n) is 9.59. The first-order valence-electron chi connectivity index (χ1n) is 16.0. The van der Waals surface area contributed by atoms with Gasteiger partial charge >= 0.3 is 0 Å². The molecule has 47 heavy (non-hydrogen) atoms. The van der Waals surface area contributed by atoms with Gasteiger partial charge in [0, 0.05) is 47.8 Å². The number of aryl methyl sites for hydroxylation is 1. The number of pyridine rings is 1. The number of carbonyl (C=O) groups excluding carboxylic acids is 1. The maximum atomic E-state index is 16.8. The Kier molecular flexibility index (Phi) is 9.73. The summed E-state index contributed by atoms with van der Waals surface area (Å²) >= 11 is 6.46. The number of nitriles is 1.